The van der Waals surface area contributed by atoms with Gasteiger partial charge < -0.3 is 0 Å². The topological polar surface area (TPSA) is 17.8 Å². The number of nitrogens with zero attached hydrogens (tertiary/aromatic N) is 2. The highest BCUT2D eigenvalue weighted by atomic mass is 35.5. The summed E-state index contributed by atoms with van der Waals surface area (Å²) in [6.45, 7) is 0.730. The first-order valence-corrected chi connectivity index (χ1v) is 6.77. The third kappa shape index (κ3) is 2.46. The zero-order valence-corrected chi connectivity index (χ0v) is 11.6. The van der Waals surface area contributed by atoms with Crippen LogP contribution in [0.15, 0.2) is 42.5 Å². The lowest BCUT2D eigenvalue weighted by atomic mass is 10.1. The Balaban J connectivity index is 1.87. The van der Waals surface area contributed by atoms with Gasteiger partial charge in [-0.05, 0) is 30.2 Å². The average molecular weight is 290 g/mol. The number of para-hydroxylation sites is 1. The van der Waals surface area contributed by atoms with Crippen LogP contribution in [0.1, 0.15) is 5.56 Å². The Kier molecular flexibility index (Phi) is 3.45. The van der Waals surface area contributed by atoms with E-state index >= 15 is 0 Å². The molecule has 2 nitrogen and oxygen atoms in total. The van der Waals surface area contributed by atoms with Crippen molar-refractivity contribution in [1.82, 2.24) is 9.78 Å². The van der Waals surface area contributed by atoms with Gasteiger partial charge in [-0.15, -0.1) is 0 Å². The first kappa shape index (κ1) is 12.5. The molecule has 0 aliphatic rings. The molecule has 0 aliphatic carbocycles. The van der Waals surface area contributed by atoms with E-state index < -0.39 is 0 Å². The summed E-state index contributed by atoms with van der Waals surface area (Å²) in [6.07, 6.45) is 3.75. The van der Waals surface area contributed by atoms with E-state index in [-0.39, 0.29) is 0 Å². The molecule has 0 aliphatic heterocycles. The number of halogens is 2. The molecule has 0 amide bonds. The molecule has 4 heteroatoms. The van der Waals surface area contributed by atoms with Crippen molar-refractivity contribution in [2.45, 2.75) is 13.0 Å². The molecule has 0 atom stereocenters. The van der Waals surface area contributed by atoms with Crippen molar-refractivity contribution in [1.29, 1.82) is 0 Å². The lowest BCUT2D eigenvalue weighted by Crippen LogP contribution is -2.03. The third-order valence-electron chi connectivity index (χ3n) is 3.11. The van der Waals surface area contributed by atoms with Crippen molar-refractivity contribution in [3.05, 3.63) is 64.3 Å². The van der Waals surface area contributed by atoms with E-state index in [2.05, 4.69) is 11.3 Å². The summed E-state index contributed by atoms with van der Waals surface area (Å²) in [5, 5.41) is 6.70. The molecule has 1 radical (unpaired) electrons. The number of hydrogen-bond acceptors (Lipinski definition) is 1. The maximum absolute atomic E-state index is 6.17. The van der Waals surface area contributed by atoms with E-state index in [1.165, 1.54) is 0 Å². The van der Waals surface area contributed by atoms with Crippen LogP contribution in [0.25, 0.3) is 10.9 Å². The van der Waals surface area contributed by atoms with E-state index in [1.54, 1.807) is 0 Å². The molecule has 0 saturated heterocycles. The van der Waals surface area contributed by atoms with Gasteiger partial charge in [-0.25, -0.2) is 0 Å². The van der Waals surface area contributed by atoms with Crippen molar-refractivity contribution < 1.29 is 0 Å². The summed E-state index contributed by atoms with van der Waals surface area (Å²) < 4.78 is 1.93. The van der Waals surface area contributed by atoms with Gasteiger partial charge in [0.1, 0.15) is 6.20 Å². The number of aromatic nitrogens is 2. The van der Waals surface area contributed by atoms with Crippen LogP contribution in [0.2, 0.25) is 10.0 Å². The molecule has 0 N–H and O–H groups in total. The minimum Gasteiger partial charge on any atom is -0.264 e. The van der Waals surface area contributed by atoms with Crippen molar-refractivity contribution in [2.24, 2.45) is 0 Å². The van der Waals surface area contributed by atoms with Crippen LogP contribution in [0.4, 0.5) is 0 Å². The number of fused-ring (bicyclic) bond motifs is 1. The number of benzene rings is 2. The molecule has 3 aromatic rings. The van der Waals surface area contributed by atoms with Crippen molar-refractivity contribution in [3.63, 3.8) is 0 Å². The van der Waals surface area contributed by atoms with Gasteiger partial charge in [-0.3, -0.25) is 4.68 Å². The zero-order valence-electron chi connectivity index (χ0n) is 10.1. The molecule has 0 spiro atoms. The van der Waals surface area contributed by atoms with Crippen LogP contribution in [-0.4, -0.2) is 9.78 Å². The highest BCUT2D eigenvalue weighted by Gasteiger charge is 2.07. The minimum absolute atomic E-state index is 0.702. The Morgan fingerprint density at radius 2 is 1.74 bits per heavy atom. The summed E-state index contributed by atoms with van der Waals surface area (Å²) in [7, 11) is 0. The molecular weight excluding hydrogens is 279 g/mol. The molecule has 0 bridgehead atoms. The number of rotatable bonds is 3. The second kappa shape index (κ2) is 5.24. The van der Waals surface area contributed by atoms with E-state index in [0.717, 1.165) is 29.4 Å². The highest BCUT2D eigenvalue weighted by Crippen LogP contribution is 2.25. The predicted molar refractivity (Wildman–Crippen MR) is 78.7 cm³/mol. The summed E-state index contributed by atoms with van der Waals surface area (Å²) in [5.74, 6) is 0. The lowest BCUT2D eigenvalue weighted by molar-refractivity contribution is 0.634. The van der Waals surface area contributed by atoms with Gasteiger partial charge in [0.05, 0.1) is 5.52 Å². The Labute approximate surface area is 121 Å². The zero-order chi connectivity index (χ0) is 13.2. The Hall–Kier alpha value is -1.51. The predicted octanol–water partition coefficient (Wildman–Crippen LogP) is 4.39. The largest absolute Gasteiger partial charge is 0.264 e. The van der Waals surface area contributed by atoms with Gasteiger partial charge in [-0.1, -0.05) is 47.5 Å². The Morgan fingerprint density at radius 3 is 2.53 bits per heavy atom. The summed E-state index contributed by atoms with van der Waals surface area (Å²) in [6, 6.07) is 13.6. The van der Waals surface area contributed by atoms with Gasteiger partial charge in [0.25, 0.3) is 0 Å². The third-order valence-corrected chi connectivity index (χ3v) is 3.82. The van der Waals surface area contributed by atoms with Gasteiger partial charge in [0.15, 0.2) is 0 Å². The van der Waals surface area contributed by atoms with Gasteiger partial charge in [0, 0.05) is 22.0 Å². The fraction of sp³-hybridized carbons (Fsp3) is 0.133. The Bertz CT molecular complexity index is 699. The average Bonchev–Trinajstić information content (AvgIpc) is 2.82. The molecule has 95 valence electrons. The van der Waals surface area contributed by atoms with Gasteiger partial charge in [0.2, 0.25) is 0 Å². The molecule has 3 rings (SSSR count). The molecule has 19 heavy (non-hydrogen) atoms. The maximum Gasteiger partial charge on any atom is 0.121 e. The molecule has 1 aromatic heterocycles. The lowest BCUT2D eigenvalue weighted by Gasteiger charge is -2.07. The van der Waals surface area contributed by atoms with Crippen LogP contribution < -0.4 is 0 Å². The molecule has 0 fully saturated rings. The fourth-order valence-electron chi connectivity index (χ4n) is 2.12. The van der Waals surface area contributed by atoms with Crippen LogP contribution in [0.5, 0.6) is 0 Å². The Morgan fingerprint density at radius 1 is 1.00 bits per heavy atom. The normalized spacial score (nSPS) is 11.1. The maximum atomic E-state index is 6.17. The van der Waals surface area contributed by atoms with Gasteiger partial charge in [-0.2, -0.15) is 5.10 Å². The highest BCUT2D eigenvalue weighted by molar-refractivity contribution is 6.35. The summed E-state index contributed by atoms with van der Waals surface area (Å²) in [5.41, 5.74) is 2.04. The molecule has 0 unspecified atom stereocenters. The van der Waals surface area contributed by atoms with E-state index in [9.17, 15) is 0 Å². The fourth-order valence-corrected chi connectivity index (χ4v) is 2.71. The first-order chi connectivity index (χ1) is 9.25. The second-order valence-corrected chi connectivity index (χ2v) is 5.12. The summed E-state index contributed by atoms with van der Waals surface area (Å²) >= 11 is 12.3. The van der Waals surface area contributed by atoms with Crippen LogP contribution in [-0.2, 0) is 13.0 Å². The van der Waals surface area contributed by atoms with Crippen molar-refractivity contribution in [2.75, 3.05) is 0 Å². The molecular formula is C15H11Cl2N2. The monoisotopic (exact) mass is 289 g/mol. The van der Waals surface area contributed by atoms with E-state index in [1.807, 2.05) is 47.1 Å². The van der Waals surface area contributed by atoms with Gasteiger partial charge >= 0.3 is 0 Å². The summed E-state index contributed by atoms with van der Waals surface area (Å²) in [4.78, 5) is 0. The standard InChI is InChI=1S/C15H11Cl2N2/c16-13-5-3-6-14(17)12(13)8-9-19-15-7-2-1-4-11(15)10-18-19/h1-7H,8-9H2. The number of aryl methyl sites for hydroxylation is 1. The first-order valence-electron chi connectivity index (χ1n) is 6.02. The quantitative estimate of drug-likeness (QED) is 0.699. The molecule has 1 heterocycles. The van der Waals surface area contributed by atoms with Crippen LogP contribution >= 0.6 is 23.2 Å². The molecule has 0 saturated carbocycles. The van der Waals surface area contributed by atoms with Crippen LogP contribution in [0.3, 0.4) is 0 Å². The number of hydrogen-bond donors (Lipinski definition) is 0. The van der Waals surface area contributed by atoms with Crippen molar-refractivity contribution in [3.8, 4) is 0 Å². The van der Waals surface area contributed by atoms with Crippen LogP contribution in [0, 0.1) is 6.20 Å². The SMILES string of the molecule is Clc1cccc(Cl)c1CCn1n[c]c2ccccc21. The van der Waals surface area contributed by atoms with Crippen molar-refractivity contribution >= 4 is 34.1 Å². The second-order valence-electron chi connectivity index (χ2n) is 4.30. The minimum atomic E-state index is 0.702. The van der Waals surface area contributed by atoms with E-state index in [4.69, 9.17) is 23.2 Å². The van der Waals surface area contributed by atoms with E-state index in [0.29, 0.717) is 10.0 Å². The smallest absolute Gasteiger partial charge is 0.121 e. The molecule has 2 aromatic carbocycles.